The van der Waals surface area contributed by atoms with Crippen LogP contribution in [0, 0.1) is 5.92 Å². The van der Waals surface area contributed by atoms with Crippen LogP contribution in [0.25, 0.3) is 0 Å². The Hall–Kier alpha value is -1.06. The molecule has 4 heteroatoms. The smallest absolute Gasteiger partial charge is 0.254 e. The van der Waals surface area contributed by atoms with E-state index in [0.29, 0.717) is 22.5 Å². The van der Waals surface area contributed by atoms with Gasteiger partial charge in [-0.15, -0.1) is 0 Å². The molecule has 1 N–H and O–H groups in total. The topological polar surface area (TPSA) is 32.3 Å². The summed E-state index contributed by atoms with van der Waals surface area (Å²) in [5.41, 5.74) is 0.712. The molecule has 1 aromatic carbocycles. The molecule has 1 saturated heterocycles. The second-order valence-electron chi connectivity index (χ2n) is 5.59. The van der Waals surface area contributed by atoms with Gasteiger partial charge in [-0.1, -0.05) is 25.4 Å². The lowest BCUT2D eigenvalue weighted by molar-refractivity contribution is 0.0522. The summed E-state index contributed by atoms with van der Waals surface area (Å²) in [6.07, 6.45) is 0. The molecule has 0 saturated carbocycles. The average molecular weight is 281 g/mol. The number of amides is 1. The summed E-state index contributed by atoms with van der Waals surface area (Å²) < 4.78 is 0. The van der Waals surface area contributed by atoms with Gasteiger partial charge >= 0.3 is 0 Å². The largest absolute Gasteiger partial charge is 0.333 e. The molecule has 3 nitrogen and oxygen atoms in total. The highest BCUT2D eigenvalue weighted by atomic mass is 35.5. The molecule has 1 aliphatic heterocycles. The van der Waals surface area contributed by atoms with Crippen molar-refractivity contribution in [2.45, 2.75) is 32.9 Å². The zero-order valence-electron chi connectivity index (χ0n) is 11.7. The van der Waals surface area contributed by atoms with Gasteiger partial charge in [-0.05, 0) is 37.1 Å². The number of rotatable bonds is 2. The number of halogens is 1. The second kappa shape index (κ2) is 5.93. The maximum Gasteiger partial charge on any atom is 0.254 e. The highest BCUT2D eigenvalue weighted by molar-refractivity contribution is 6.30. The standard InChI is InChI=1S/C15H21ClN2O/c1-10(2)14-8-17-11(3)9-18(14)15(19)12-4-6-13(16)7-5-12/h4-7,10-11,14,17H,8-9H2,1-3H3. The molecule has 1 fully saturated rings. The van der Waals surface area contributed by atoms with Crippen LogP contribution in [0.1, 0.15) is 31.1 Å². The number of nitrogens with one attached hydrogen (secondary N) is 1. The van der Waals surface area contributed by atoms with Gasteiger partial charge in [0.25, 0.3) is 5.91 Å². The molecule has 1 amide bonds. The van der Waals surface area contributed by atoms with Crippen molar-refractivity contribution >= 4 is 17.5 Å². The van der Waals surface area contributed by atoms with Crippen molar-refractivity contribution in [3.05, 3.63) is 34.9 Å². The molecule has 2 atom stereocenters. The molecule has 2 unspecified atom stereocenters. The van der Waals surface area contributed by atoms with E-state index in [2.05, 4.69) is 26.1 Å². The normalized spacial score (nSPS) is 23.7. The lowest BCUT2D eigenvalue weighted by atomic mass is 9.97. The molecule has 0 spiro atoms. The van der Waals surface area contributed by atoms with Gasteiger partial charge in [0.1, 0.15) is 0 Å². The highest BCUT2D eigenvalue weighted by Gasteiger charge is 2.31. The fraction of sp³-hybridized carbons (Fsp3) is 0.533. The van der Waals surface area contributed by atoms with Crippen LogP contribution in [-0.4, -0.2) is 36.0 Å². The van der Waals surface area contributed by atoms with Crippen LogP contribution in [0.5, 0.6) is 0 Å². The molecule has 1 aliphatic rings. The van der Waals surface area contributed by atoms with Crippen LogP contribution in [-0.2, 0) is 0 Å². The van der Waals surface area contributed by atoms with Gasteiger partial charge in [-0.3, -0.25) is 4.79 Å². The average Bonchev–Trinajstić information content (AvgIpc) is 2.38. The fourth-order valence-corrected chi connectivity index (χ4v) is 2.64. The SMILES string of the molecule is CC1CN(C(=O)c2ccc(Cl)cc2)C(C(C)C)CN1. The van der Waals surface area contributed by atoms with E-state index in [1.807, 2.05) is 4.90 Å². The van der Waals surface area contributed by atoms with Gasteiger partial charge in [0.15, 0.2) is 0 Å². The maximum absolute atomic E-state index is 12.6. The van der Waals surface area contributed by atoms with Gasteiger partial charge in [0.05, 0.1) is 0 Å². The second-order valence-corrected chi connectivity index (χ2v) is 6.02. The first-order valence-corrected chi connectivity index (χ1v) is 7.16. The predicted molar refractivity (Wildman–Crippen MR) is 78.6 cm³/mol. The monoisotopic (exact) mass is 280 g/mol. The van der Waals surface area contributed by atoms with Gasteiger partial charge in [0.2, 0.25) is 0 Å². The van der Waals surface area contributed by atoms with Crippen molar-refractivity contribution < 1.29 is 4.79 Å². The minimum atomic E-state index is 0.101. The summed E-state index contributed by atoms with van der Waals surface area (Å²) in [6, 6.07) is 7.73. The molecule has 2 rings (SSSR count). The third-order valence-electron chi connectivity index (χ3n) is 3.67. The maximum atomic E-state index is 12.6. The molecule has 104 valence electrons. The summed E-state index contributed by atoms with van der Waals surface area (Å²) in [7, 11) is 0. The lowest BCUT2D eigenvalue weighted by Gasteiger charge is -2.41. The van der Waals surface area contributed by atoms with E-state index in [1.165, 1.54) is 0 Å². The van der Waals surface area contributed by atoms with Gasteiger partial charge < -0.3 is 10.2 Å². The molecular weight excluding hydrogens is 260 g/mol. The van der Waals surface area contributed by atoms with Crippen molar-refractivity contribution in [3.8, 4) is 0 Å². The Morgan fingerprint density at radius 1 is 1.37 bits per heavy atom. The van der Waals surface area contributed by atoms with Crippen LogP contribution >= 0.6 is 11.6 Å². The molecule has 0 aromatic heterocycles. The van der Waals surface area contributed by atoms with E-state index < -0.39 is 0 Å². The Balaban J connectivity index is 2.21. The number of carbonyl (C=O) groups is 1. The Kier molecular flexibility index (Phi) is 4.48. The summed E-state index contributed by atoms with van der Waals surface area (Å²) >= 11 is 5.87. The van der Waals surface area contributed by atoms with Crippen LogP contribution < -0.4 is 5.32 Å². The van der Waals surface area contributed by atoms with E-state index in [4.69, 9.17) is 11.6 Å². The molecule has 0 bridgehead atoms. The van der Waals surface area contributed by atoms with E-state index in [1.54, 1.807) is 24.3 Å². The molecule has 19 heavy (non-hydrogen) atoms. The first-order chi connectivity index (χ1) is 8.99. The lowest BCUT2D eigenvalue weighted by Crippen LogP contribution is -2.59. The highest BCUT2D eigenvalue weighted by Crippen LogP contribution is 2.19. The Morgan fingerprint density at radius 2 is 2.00 bits per heavy atom. The van der Waals surface area contributed by atoms with Gasteiger partial charge in [-0.25, -0.2) is 0 Å². The van der Waals surface area contributed by atoms with Crippen molar-refractivity contribution in [1.82, 2.24) is 10.2 Å². The van der Waals surface area contributed by atoms with E-state index in [-0.39, 0.29) is 11.9 Å². The summed E-state index contributed by atoms with van der Waals surface area (Å²) in [6.45, 7) is 8.04. The van der Waals surface area contributed by atoms with Crippen molar-refractivity contribution in [2.24, 2.45) is 5.92 Å². The number of carbonyl (C=O) groups excluding carboxylic acids is 1. The summed E-state index contributed by atoms with van der Waals surface area (Å²) in [5.74, 6) is 0.542. The zero-order chi connectivity index (χ0) is 14.0. The first kappa shape index (κ1) is 14.4. The number of hydrogen-bond acceptors (Lipinski definition) is 2. The Bertz CT molecular complexity index is 444. The molecule has 1 heterocycles. The van der Waals surface area contributed by atoms with Gasteiger partial charge in [-0.2, -0.15) is 0 Å². The molecule has 0 aliphatic carbocycles. The third kappa shape index (κ3) is 3.28. The van der Waals surface area contributed by atoms with Crippen LogP contribution in [0.3, 0.4) is 0 Å². The number of piperazine rings is 1. The number of hydrogen-bond donors (Lipinski definition) is 1. The minimum Gasteiger partial charge on any atom is -0.333 e. The van der Waals surface area contributed by atoms with Crippen molar-refractivity contribution in [3.63, 3.8) is 0 Å². The van der Waals surface area contributed by atoms with E-state index in [0.717, 1.165) is 13.1 Å². The number of benzene rings is 1. The predicted octanol–water partition coefficient (Wildman–Crippen LogP) is 2.80. The van der Waals surface area contributed by atoms with Crippen molar-refractivity contribution in [2.75, 3.05) is 13.1 Å². The third-order valence-corrected chi connectivity index (χ3v) is 3.92. The molecular formula is C15H21ClN2O. The van der Waals surface area contributed by atoms with E-state index >= 15 is 0 Å². The van der Waals surface area contributed by atoms with Crippen LogP contribution in [0.4, 0.5) is 0 Å². The molecule has 0 radical (unpaired) electrons. The molecule has 1 aromatic rings. The summed E-state index contributed by atoms with van der Waals surface area (Å²) in [5, 5.41) is 4.10. The quantitative estimate of drug-likeness (QED) is 0.903. The fourth-order valence-electron chi connectivity index (χ4n) is 2.51. The van der Waals surface area contributed by atoms with Crippen LogP contribution in [0.2, 0.25) is 5.02 Å². The minimum absolute atomic E-state index is 0.101. The Morgan fingerprint density at radius 3 is 2.58 bits per heavy atom. The van der Waals surface area contributed by atoms with E-state index in [9.17, 15) is 4.79 Å². The zero-order valence-corrected chi connectivity index (χ0v) is 12.4. The summed E-state index contributed by atoms with van der Waals surface area (Å²) in [4.78, 5) is 14.6. The first-order valence-electron chi connectivity index (χ1n) is 6.79. The van der Waals surface area contributed by atoms with Crippen LogP contribution in [0.15, 0.2) is 24.3 Å². The van der Waals surface area contributed by atoms with Crippen molar-refractivity contribution in [1.29, 1.82) is 0 Å². The Labute approximate surface area is 119 Å². The number of nitrogens with zero attached hydrogens (tertiary/aromatic N) is 1. The van der Waals surface area contributed by atoms with Gasteiger partial charge in [0, 0.05) is 35.8 Å².